The summed E-state index contributed by atoms with van der Waals surface area (Å²) in [5.41, 5.74) is 1.52. The van der Waals surface area contributed by atoms with Gasteiger partial charge in [0.15, 0.2) is 0 Å². The standard InChI is InChI=1S/C30H35N3O5S/c1-37-27-16-14-26(15-17-27)30(34)32(18-8-10-25-9-6-7-13-29(25)38-2)22-19-31-20-23-33(24-21-31)39(35,36)28-11-4-3-5-12-28/h3-17H,18-24H2,1-2H3. The molecule has 0 aliphatic carbocycles. The van der Waals surface area contributed by atoms with Crippen LogP contribution in [0.5, 0.6) is 11.5 Å². The van der Waals surface area contributed by atoms with Crippen LogP contribution in [-0.2, 0) is 10.0 Å². The number of piperazine rings is 1. The molecule has 1 amide bonds. The molecule has 0 N–H and O–H groups in total. The van der Waals surface area contributed by atoms with Gasteiger partial charge in [0.1, 0.15) is 11.5 Å². The van der Waals surface area contributed by atoms with Crippen LogP contribution in [0.3, 0.4) is 0 Å². The second-order valence-corrected chi connectivity index (χ2v) is 11.1. The van der Waals surface area contributed by atoms with E-state index in [4.69, 9.17) is 9.47 Å². The monoisotopic (exact) mass is 549 g/mol. The Bertz CT molecular complexity index is 1350. The van der Waals surface area contributed by atoms with Crippen LogP contribution in [0.25, 0.3) is 6.08 Å². The first-order valence-corrected chi connectivity index (χ1v) is 14.4. The van der Waals surface area contributed by atoms with Gasteiger partial charge in [-0.3, -0.25) is 9.69 Å². The van der Waals surface area contributed by atoms with Crippen molar-refractivity contribution in [2.24, 2.45) is 0 Å². The number of amides is 1. The smallest absolute Gasteiger partial charge is 0.254 e. The van der Waals surface area contributed by atoms with Crippen molar-refractivity contribution in [2.45, 2.75) is 4.90 Å². The predicted molar refractivity (Wildman–Crippen MR) is 153 cm³/mol. The Balaban J connectivity index is 1.40. The zero-order valence-corrected chi connectivity index (χ0v) is 23.2. The summed E-state index contributed by atoms with van der Waals surface area (Å²) in [6.07, 6.45) is 3.92. The van der Waals surface area contributed by atoms with E-state index in [9.17, 15) is 13.2 Å². The fraction of sp³-hybridized carbons (Fsp3) is 0.300. The van der Waals surface area contributed by atoms with Gasteiger partial charge in [0.25, 0.3) is 5.91 Å². The van der Waals surface area contributed by atoms with Crippen LogP contribution in [0.15, 0.2) is 89.8 Å². The summed E-state index contributed by atoms with van der Waals surface area (Å²) in [6.45, 7) is 3.61. The average molecular weight is 550 g/mol. The SMILES string of the molecule is COc1ccc(C(=O)N(CC=Cc2ccccc2OC)CCN2CCN(S(=O)(=O)c3ccccc3)CC2)cc1. The molecule has 1 aliphatic rings. The summed E-state index contributed by atoms with van der Waals surface area (Å²) < 4.78 is 38.1. The molecular formula is C30H35N3O5S. The lowest BCUT2D eigenvalue weighted by Crippen LogP contribution is -2.50. The van der Waals surface area contributed by atoms with Gasteiger partial charge in [-0.05, 0) is 42.5 Å². The Labute approximate surface area is 231 Å². The van der Waals surface area contributed by atoms with E-state index in [1.165, 1.54) is 4.31 Å². The number of benzene rings is 3. The van der Waals surface area contributed by atoms with E-state index >= 15 is 0 Å². The molecule has 1 fully saturated rings. The lowest BCUT2D eigenvalue weighted by Gasteiger charge is -2.35. The van der Waals surface area contributed by atoms with Gasteiger partial charge in [0.2, 0.25) is 10.0 Å². The normalized spacial score (nSPS) is 14.8. The number of hydrogen-bond donors (Lipinski definition) is 0. The topological polar surface area (TPSA) is 79.4 Å². The Morgan fingerprint density at radius 2 is 1.54 bits per heavy atom. The summed E-state index contributed by atoms with van der Waals surface area (Å²) in [5.74, 6) is 1.38. The summed E-state index contributed by atoms with van der Waals surface area (Å²) >= 11 is 0. The van der Waals surface area contributed by atoms with Gasteiger partial charge in [-0.15, -0.1) is 0 Å². The molecular weight excluding hydrogens is 514 g/mol. The van der Waals surface area contributed by atoms with Gasteiger partial charge in [-0.1, -0.05) is 48.6 Å². The highest BCUT2D eigenvalue weighted by atomic mass is 32.2. The maximum Gasteiger partial charge on any atom is 0.254 e. The molecule has 4 rings (SSSR count). The van der Waals surface area contributed by atoms with Crippen LogP contribution in [0.2, 0.25) is 0 Å². The lowest BCUT2D eigenvalue weighted by molar-refractivity contribution is 0.0745. The molecule has 0 aromatic heterocycles. The van der Waals surface area contributed by atoms with Gasteiger partial charge in [0, 0.05) is 56.9 Å². The van der Waals surface area contributed by atoms with Gasteiger partial charge < -0.3 is 14.4 Å². The van der Waals surface area contributed by atoms with Crippen molar-refractivity contribution in [3.63, 3.8) is 0 Å². The zero-order valence-electron chi connectivity index (χ0n) is 22.4. The molecule has 0 radical (unpaired) electrons. The molecule has 1 aliphatic heterocycles. The average Bonchev–Trinajstić information content (AvgIpc) is 2.99. The van der Waals surface area contributed by atoms with Crippen LogP contribution < -0.4 is 9.47 Å². The van der Waals surface area contributed by atoms with E-state index in [0.717, 1.165) is 11.3 Å². The van der Waals surface area contributed by atoms with E-state index in [0.29, 0.717) is 62.0 Å². The number of methoxy groups -OCH3 is 2. The Morgan fingerprint density at radius 3 is 2.21 bits per heavy atom. The third-order valence-corrected chi connectivity index (χ3v) is 8.70. The number of sulfonamides is 1. The van der Waals surface area contributed by atoms with Crippen LogP contribution in [0.4, 0.5) is 0 Å². The summed E-state index contributed by atoms with van der Waals surface area (Å²) in [7, 11) is -0.274. The van der Waals surface area contributed by atoms with Crippen molar-refractivity contribution < 1.29 is 22.7 Å². The Hall–Kier alpha value is -3.66. The van der Waals surface area contributed by atoms with E-state index in [2.05, 4.69) is 4.90 Å². The van der Waals surface area contributed by atoms with Crippen LogP contribution in [0.1, 0.15) is 15.9 Å². The van der Waals surface area contributed by atoms with Crippen molar-refractivity contribution >= 4 is 22.0 Å². The highest BCUT2D eigenvalue weighted by Gasteiger charge is 2.28. The quantitative estimate of drug-likeness (QED) is 0.361. The van der Waals surface area contributed by atoms with Crippen molar-refractivity contribution in [3.8, 4) is 11.5 Å². The largest absolute Gasteiger partial charge is 0.497 e. The van der Waals surface area contributed by atoms with E-state index in [1.54, 1.807) is 67.7 Å². The number of ether oxygens (including phenoxy) is 2. The first kappa shape index (κ1) is 28.4. The van der Waals surface area contributed by atoms with E-state index in [1.807, 2.05) is 42.5 Å². The highest BCUT2D eigenvalue weighted by molar-refractivity contribution is 7.89. The predicted octanol–water partition coefficient (Wildman–Crippen LogP) is 3.87. The molecule has 0 saturated carbocycles. The van der Waals surface area contributed by atoms with E-state index in [-0.39, 0.29) is 5.91 Å². The number of para-hydroxylation sites is 1. The van der Waals surface area contributed by atoms with Gasteiger partial charge in [-0.25, -0.2) is 8.42 Å². The minimum Gasteiger partial charge on any atom is -0.497 e. The molecule has 3 aromatic rings. The maximum atomic E-state index is 13.4. The minimum absolute atomic E-state index is 0.0763. The van der Waals surface area contributed by atoms with Crippen LogP contribution >= 0.6 is 0 Å². The molecule has 8 nitrogen and oxygen atoms in total. The molecule has 1 heterocycles. The number of nitrogens with zero attached hydrogens (tertiary/aromatic N) is 3. The van der Waals surface area contributed by atoms with Gasteiger partial charge >= 0.3 is 0 Å². The molecule has 0 bridgehead atoms. The van der Waals surface area contributed by atoms with Crippen LogP contribution in [-0.4, -0.2) is 88.5 Å². The first-order valence-electron chi connectivity index (χ1n) is 12.9. The third-order valence-electron chi connectivity index (χ3n) is 6.78. The highest BCUT2D eigenvalue weighted by Crippen LogP contribution is 2.20. The summed E-state index contributed by atoms with van der Waals surface area (Å²) in [5, 5.41) is 0. The number of hydrogen-bond acceptors (Lipinski definition) is 6. The first-order chi connectivity index (χ1) is 18.9. The van der Waals surface area contributed by atoms with Crippen LogP contribution in [0, 0.1) is 0 Å². The molecule has 9 heteroatoms. The third kappa shape index (κ3) is 7.26. The zero-order chi connectivity index (χ0) is 27.7. The fourth-order valence-corrected chi connectivity index (χ4v) is 5.94. The molecule has 1 saturated heterocycles. The second kappa shape index (κ2) is 13.4. The van der Waals surface area contributed by atoms with Gasteiger partial charge in [0.05, 0.1) is 19.1 Å². The van der Waals surface area contributed by atoms with Crippen molar-refractivity contribution in [1.29, 1.82) is 0 Å². The molecule has 206 valence electrons. The molecule has 0 atom stereocenters. The van der Waals surface area contributed by atoms with Crippen molar-refractivity contribution in [2.75, 3.05) is 60.0 Å². The summed E-state index contributed by atoms with van der Waals surface area (Å²) in [4.78, 5) is 17.8. The fourth-order valence-electron chi connectivity index (χ4n) is 4.50. The van der Waals surface area contributed by atoms with Gasteiger partial charge in [-0.2, -0.15) is 4.31 Å². The summed E-state index contributed by atoms with van der Waals surface area (Å²) in [6, 6.07) is 23.4. The second-order valence-electron chi connectivity index (χ2n) is 9.18. The lowest BCUT2D eigenvalue weighted by atomic mass is 10.1. The molecule has 39 heavy (non-hydrogen) atoms. The van der Waals surface area contributed by atoms with Crippen molar-refractivity contribution in [1.82, 2.24) is 14.1 Å². The van der Waals surface area contributed by atoms with Crippen molar-refractivity contribution in [3.05, 3.63) is 96.1 Å². The Kier molecular flexibility index (Phi) is 9.75. The molecule has 0 spiro atoms. The molecule has 3 aromatic carbocycles. The molecule has 0 unspecified atom stereocenters. The van der Waals surface area contributed by atoms with E-state index < -0.39 is 10.0 Å². The maximum absolute atomic E-state index is 13.4. The Morgan fingerprint density at radius 1 is 0.872 bits per heavy atom. The number of rotatable bonds is 11. The minimum atomic E-state index is -3.50. The number of carbonyl (C=O) groups is 1. The number of carbonyl (C=O) groups excluding carboxylic acids is 1.